The third-order valence-electron chi connectivity index (χ3n) is 7.51. The summed E-state index contributed by atoms with van der Waals surface area (Å²) in [4.78, 5) is 14.9. The summed E-state index contributed by atoms with van der Waals surface area (Å²) in [6.07, 6.45) is 7.48. The second-order valence-corrected chi connectivity index (χ2v) is 9.21. The Bertz CT molecular complexity index is 604. The van der Waals surface area contributed by atoms with E-state index in [1.807, 2.05) is 0 Å². The molecule has 1 aliphatic heterocycles. The molecule has 140 valence electrons. The number of nitriles is 1. The summed E-state index contributed by atoms with van der Waals surface area (Å²) in [7, 11) is 0. The average Bonchev–Trinajstić information content (AvgIpc) is 3.14. The van der Waals surface area contributed by atoms with Gasteiger partial charge in [0, 0.05) is 6.04 Å². The van der Waals surface area contributed by atoms with Crippen LogP contribution in [0.3, 0.4) is 0 Å². The van der Waals surface area contributed by atoms with E-state index in [1.165, 1.54) is 6.42 Å². The first-order chi connectivity index (χ1) is 10.9. The molecule has 1 heterocycles. The van der Waals surface area contributed by atoms with Gasteiger partial charge in [0.1, 0.15) is 6.04 Å². The van der Waals surface area contributed by atoms with Gasteiger partial charge in [0.15, 0.2) is 0 Å². The number of amides is 1. The van der Waals surface area contributed by atoms with Crippen molar-refractivity contribution in [2.45, 2.75) is 75.1 Å². The number of hydrogen-bond donors (Lipinski definition) is 2. The summed E-state index contributed by atoms with van der Waals surface area (Å²) in [6.45, 7) is 0. The standard InChI is InChI=1S/C18H25N3O2.2H2O/c19-8-13-2-12-3-14(12)21(13)16(22)15(20)17-4-10-1-11(5-17)7-18(23,6-10)9-17;;/h10-15,23H,1-7,9,20H2;2*1H2/t10?,11?,12-,13+,14+,15-,17?,18?;;/m1../s1. The number of nitrogens with two attached hydrogens (primary N) is 1. The van der Waals surface area contributed by atoms with Gasteiger partial charge in [0.05, 0.1) is 17.7 Å². The predicted octanol–water partition coefficient (Wildman–Crippen LogP) is -0.491. The first-order valence-electron chi connectivity index (χ1n) is 9.13. The van der Waals surface area contributed by atoms with Crippen molar-refractivity contribution in [3.8, 4) is 6.07 Å². The predicted molar refractivity (Wildman–Crippen MR) is 90.0 cm³/mol. The molecule has 5 saturated carbocycles. The first-order valence-corrected chi connectivity index (χ1v) is 9.13. The van der Waals surface area contributed by atoms with Crippen molar-refractivity contribution in [3.05, 3.63) is 0 Å². The van der Waals surface area contributed by atoms with Gasteiger partial charge < -0.3 is 26.7 Å². The highest BCUT2D eigenvalue weighted by Gasteiger charge is 2.62. The van der Waals surface area contributed by atoms with Gasteiger partial charge in [-0.3, -0.25) is 4.79 Å². The molecule has 4 bridgehead atoms. The van der Waals surface area contributed by atoms with E-state index in [2.05, 4.69) is 6.07 Å². The number of carbonyl (C=O) groups is 1. The van der Waals surface area contributed by atoms with E-state index >= 15 is 0 Å². The SMILES string of the molecule is N#C[C@@H]1C[C@@H]2C[C@@H]2N1C(=O)[C@@H](N)C12CC3CC(CC(O)(C3)C1)C2.O.O. The molecule has 0 aromatic heterocycles. The van der Waals surface area contributed by atoms with Crippen LogP contribution in [-0.4, -0.2) is 50.6 Å². The highest BCUT2D eigenvalue weighted by Crippen LogP contribution is 2.63. The average molecular weight is 351 g/mol. The lowest BCUT2D eigenvalue weighted by Gasteiger charge is -2.61. The molecular weight excluding hydrogens is 322 g/mol. The van der Waals surface area contributed by atoms with Crippen LogP contribution in [0.25, 0.3) is 0 Å². The molecule has 0 aromatic carbocycles. The van der Waals surface area contributed by atoms with Gasteiger partial charge >= 0.3 is 0 Å². The van der Waals surface area contributed by atoms with E-state index in [1.54, 1.807) is 4.90 Å². The van der Waals surface area contributed by atoms with Crippen LogP contribution in [0, 0.1) is 34.5 Å². The highest BCUT2D eigenvalue weighted by molar-refractivity contribution is 5.84. The summed E-state index contributed by atoms with van der Waals surface area (Å²) >= 11 is 0. The minimum atomic E-state index is -0.594. The van der Waals surface area contributed by atoms with Crippen LogP contribution < -0.4 is 5.73 Å². The minimum Gasteiger partial charge on any atom is -0.412 e. The fourth-order valence-electron chi connectivity index (χ4n) is 6.96. The van der Waals surface area contributed by atoms with Gasteiger partial charge in [-0.15, -0.1) is 0 Å². The van der Waals surface area contributed by atoms with E-state index < -0.39 is 11.6 Å². The molecule has 0 aromatic rings. The molecule has 7 nitrogen and oxygen atoms in total. The second kappa shape index (κ2) is 5.65. The summed E-state index contributed by atoms with van der Waals surface area (Å²) in [5.74, 6) is 1.56. The van der Waals surface area contributed by atoms with E-state index in [9.17, 15) is 15.2 Å². The van der Waals surface area contributed by atoms with Crippen molar-refractivity contribution in [2.24, 2.45) is 28.9 Å². The maximum Gasteiger partial charge on any atom is 0.241 e. The Morgan fingerprint density at radius 3 is 2.36 bits per heavy atom. The van der Waals surface area contributed by atoms with Gasteiger partial charge in [-0.25, -0.2) is 0 Å². The molecule has 25 heavy (non-hydrogen) atoms. The topological polar surface area (TPSA) is 153 Å². The Hall–Kier alpha value is -1.20. The molecular formula is C18H29N3O4. The van der Waals surface area contributed by atoms with E-state index in [4.69, 9.17) is 5.73 Å². The second-order valence-electron chi connectivity index (χ2n) is 9.21. The molecule has 1 amide bonds. The van der Waals surface area contributed by atoms with Crippen LogP contribution in [0.4, 0.5) is 0 Å². The first kappa shape index (κ1) is 18.6. The fourth-order valence-corrected chi connectivity index (χ4v) is 6.96. The molecule has 5 aliphatic carbocycles. The number of carbonyl (C=O) groups excluding carboxylic acids is 1. The van der Waals surface area contributed by atoms with Crippen molar-refractivity contribution in [1.82, 2.24) is 4.90 Å². The molecule has 7 N–H and O–H groups in total. The lowest BCUT2D eigenvalue weighted by Crippen LogP contribution is -2.64. The van der Waals surface area contributed by atoms with Crippen LogP contribution in [-0.2, 0) is 4.79 Å². The van der Waals surface area contributed by atoms with Gasteiger partial charge in [-0.05, 0) is 74.5 Å². The minimum absolute atomic E-state index is 0. The zero-order chi connectivity index (χ0) is 16.0. The van der Waals surface area contributed by atoms with Crippen LogP contribution in [0.2, 0.25) is 0 Å². The summed E-state index contributed by atoms with van der Waals surface area (Å²) in [6, 6.07) is 1.72. The lowest BCUT2D eigenvalue weighted by atomic mass is 9.46. The maximum atomic E-state index is 13.1. The van der Waals surface area contributed by atoms with Crippen LogP contribution in [0.1, 0.15) is 51.4 Å². The Kier molecular flexibility index (Phi) is 4.20. The van der Waals surface area contributed by atoms with Gasteiger partial charge in [0.25, 0.3) is 0 Å². The van der Waals surface area contributed by atoms with Crippen molar-refractivity contribution in [3.63, 3.8) is 0 Å². The third-order valence-corrected chi connectivity index (χ3v) is 7.51. The molecule has 6 rings (SSSR count). The largest absolute Gasteiger partial charge is 0.412 e. The number of rotatable bonds is 2. The monoisotopic (exact) mass is 351 g/mol. The third kappa shape index (κ3) is 2.50. The van der Waals surface area contributed by atoms with Crippen LogP contribution in [0.15, 0.2) is 0 Å². The molecule has 7 heteroatoms. The number of fused-ring (bicyclic) bond motifs is 1. The summed E-state index contributed by atoms with van der Waals surface area (Å²) in [5.41, 5.74) is 5.71. The lowest BCUT2D eigenvalue weighted by molar-refractivity contribution is -0.177. The van der Waals surface area contributed by atoms with Crippen molar-refractivity contribution >= 4 is 5.91 Å². The van der Waals surface area contributed by atoms with Crippen LogP contribution in [0.5, 0.6) is 0 Å². The van der Waals surface area contributed by atoms with Gasteiger partial charge in [-0.1, -0.05) is 0 Å². The van der Waals surface area contributed by atoms with E-state index in [0.29, 0.717) is 24.2 Å². The molecule has 0 spiro atoms. The molecule has 1 saturated heterocycles. The zero-order valence-corrected chi connectivity index (χ0v) is 14.4. The van der Waals surface area contributed by atoms with Crippen molar-refractivity contribution in [1.29, 1.82) is 5.26 Å². The van der Waals surface area contributed by atoms with Crippen molar-refractivity contribution in [2.75, 3.05) is 0 Å². The number of aliphatic hydroxyl groups is 1. The number of nitrogens with zero attached hydrogens (tertiary/aromatic N) is 2. The van der Waals surface area contributed by atoms with Gasteiger partial charge in [0.2, 0.25) is 5.91 Å². The normalized spacial score (nSPS) is 49.5. The summed E-state index contributed by atoms with van der Waals surface area (Å²) < 4.78 is 0. The van der Waals surface area contributed by atoms with Crippen LogP contribution >= 0.6 is 0 Å². The Morgan fingerprint density at radius 2 is 1.80 bits per heavy atom. The zero-order valence-electron chi connectivity index (χ0n) is 14.4. The van der Waals surface area contributed by atoms with E-state index in [-0.39, 0.29) is 34.4 Å². The molecule has 0 radical (unpaired) electrons. The maximum absolute atomic E-state index is 13.1. The van der Waals surface area contributed by atoms with Crippen molar-refractivity contribution < 1.29 is 20.9 Å². The van der Waals surface area contributed by atoms with E-state index in [0.717, 1.165) is 38.5 Å². The summed E-state index contributed by atoms with van der Waals surface area (Å²) in [5, 5.41) is 20.2. The highest BCUT2D eigenvalue weighted by atomic mass is 16.3. The molecule has 6 fully saturated rings. The number of hydrogen-bond acceptors (Lipinski definition) is 4. The number of likely N-dealkylation sites (tertiary alicyclic amines) is 1. The Morgan fingerprint density at radius 1 is 1.16 bits per heavy atom. The molecule has 6 atom stereocenters. The Labute approximate surface area is 147 Å². The smallest absolute Gasteiger partial charge is 0.241 e. The van der Waals surface area contributed by atoms with Gasteiger partial charge in [-0.2, -0.15) is 5.26 Å². The fraction of sp³-hybridized carbons (Fsp3) is 0.889. The Balaban J connectivity index is 0.000000911. The quantitative estimate of drug-likeness (QED) is 0.689. The number of piperidine rings is 1. The molecule has 2 unspecified atom stereocenters. The molecule has 6 aliphatic rings.